The summed E-state index contributed by atoms with van der Waals surface area (Å²) < 4.78 is 10.1. The average molecular weight is 300 g/mol. The summed E-state index contributed by atoms with van der Waals surface area (Å²) in [5.41, 5.74) is 2.30. The van der Waals surface area contributed by atoms with E-state index in [9.17, 15) is 4.79 Å². The van der Waals surface area contributed by atoms with Gasteiger partial charge in [0.05, 0.1) is 11.7 Å². The Morgan fingerprint density at radius 3 is 2.95 bits per heavy atom. The first-order valence-electron chi connectivity index (χ1n) is 6.63. The number of hydrogen-bond donors (Lipinski definition) is 0. The van der Waals surface area contributed by atoms with Crippen LogP contribution in [0.5, 0.6) is 0 Å². The average Bonchev–Trinajstić information content (AvgIpc) is 3.11. The van der Waals surface area contributed by atoms with Gasteiger partial charge in [0.15, 0.2) is 0 Å². The second kappa shape index (κ2) is 4.88. The van der Waals surface area contributed by atoms with E-state index in [4.69, 9.17) is 0 Å². The molecule has 1 aliphatic heterocycles. The first kappa shape index (κ1) is 12.4. The summed E-state index contributed by atoms with van der Waals surface area (Å²) in [6.07, 6.45) is 3.23. The van der Waals surface area contributed by atoms with Crippen LogP contribution in [0.1, 0.15) is 10.4 Å². The zero-order valence-corrected chi connectivity index (χ0v) is 11.9. The van der Waals surface area contributed by atoms with Crippen LogP contribution in [0.3, 0.4) is 0 Å². The number of benzene rings is 1. The fourth-order valence-corrected chi connectivity index (χ4v) is 3.06. The quantitative estimate of drug-likeness (QED) is 0.722. The summed E-state index contributed by atoms with van der Waals surface area (Å²) in [6.45, 7) is 2.32. The molecule has 0 spiro atoms. The van der Waals surface area contributed by atoms with E-state index in [1.54, 1.807) is 11.0 Å². The predicted octanol–water partition coefficient (Wildman–Crippen LogP) is 1.05. The molecule has 1 amide bonds. The SMILES string of the molecule is O=C(c1ccc2nsnc2c1)N1CC(Cn2cncn2)C1. The Hall–Kier alpha value is -2.35. The molecular formula is C13H12N6OS. The molecule has 3 aromatic rings. The smallest absolute Gasteiger partial charge is 0.253 e. The van der Waals surface area contributed by atoms with Crippen molar-refractivity contribution in [2.75, 3.05) is 13.1 Å². The first-order valence-corrected chi connectivity index (χ1v) is 7.36. The van der Waals surface area contributed by atoms with Gasteiger partial charge < -0.3 is 4.90 Å². The van der Waals surface area contributed by atoms with E-state index in [1.165, 1.54) is 6.33 Å². The maximum atomic E-state index is 12.4. The fourth-order valence-electron chi connectivity index (χ4n) is 2.54. The van der Waals surface area contributed by atoms with Gasteiger partial charge >= 0.3 is 0 Å². The van der Waals surface area contributed by atoms with Crippen LogP contribution in [0.4, 0.5) is 0 Å². The van der Waals surface area contributed by atoms with E-state index >= 15 is 0 Å². The molecule has 0 aliphatic carbocycles. The monoisotopic (exact) mass is 300 g/mol. The third-order valence-corrected chi connectivity index (χ3v) is 4.21. The lowest BCUT2D eigenvalue weighted by Gasteiger charge is -2.39. The standard InChI is InChI=1S/C13H12N6OS/c20-13(10-1-2-11-12(3-10)17-21-16-11)18-4-9(5-18)6-19-8-14-7-15-19/h1-3,7-9H,4-6H2. The fraction of sp³-hybridized carbons (Fsp3) is 0.308. The summed E-state index contributed by atoms with van der Waals surface area (Å²) >= 11 is 1.16. The molecule has 0 bridgehead atoms. The Morgan fingerprint density at radius 2 is 2.14 bits per heavy atom. The number of aromatic nitrogens is 5. The van der Waals surface area contributed by atoms with Crippen LogP contribution in [-0.2, 0) is 6.54 Å². The van der Waals surface area contributed by atoms with Crippen molar-refractivity contribution in [3.63, 3.8) is 0 Å². The third kappa shape index (κ3) is 2.27. The molecular weight excluding hydrogens is 288 g/mol. The van der Waals surface area contributed by atoms with Gasteiger partial charge in [0.2, 0.25) is 0 Å². The minimum atomic E-state index is 0.0553. The maximum Gasteiger partial charge on any atom is 0.253 e. The van der Waals surface area contributed by atoms with Crippen LogP contribution in [0, 0.1) is 5.92 Å². The number of rotatable bonds is 3. The van der Waals surface area contributed by atoms with Crippen LogP contribution in [0.15, 0.2) is 30.9 Å². The van der Waals surface area contributed by atoms with Crippen LogP contribution < -0.4 is 0 Å². The van der Waals surface area contributed by atoms with Crippen molar-refractivity contribution in [2.24, 2.45) is 5.92 Å². The number of fused-ring (bicyclic) bond motifs is 1. The molecule has 4 rings (SSSR count). The van der Waals surface area contributed by atoms with Crippen molar-refractivity contribution in [1.82, 2.24) is 28.4 Å². The Morgan fingerprint density at radius 1 is 1.29 bits per heavy atom. The molecule has 21 heavy (non-hydrogen) atoms. The first-order chi connectivity index (χ1) is 10.3. The molecule has 7 nitrogen and oxygen atoms in total. The van der Waals surface area contributed by atoms with E-state index < -0.39 is 0 Å². The van der Waals surface area contributed by atoms with Gasteiger partial charge in [0.1, 0.15) is 23.7 Å². The minimum Gasteiger partial charge on any atom is -0.338 e. The number of likely N-dealkylation sites (tertiary alicyclic amines) is 1. The molecule has 0 radical (unpaired) electrons. The van der Waals surface area contributed by atoms with Crippen molar-refractivity contribution in [3.8, 4) is 0 Å². The molecule has 0 saturated carbocycles. The van der Waals surface area contributed by atoms with Gasteiger partial charge in [-0.2, -0.15) is 13.8 Å². The van der Waals surface area contributed by atoms with Crippen LogP contribution >= 0.6 is 11.7 Å². The van der Waals surface area contributed by atoms with Gasteiger partial charge in [0.25, 0.3) is 5.91 Å². The Balaban J connectivity index is 1.42. The van der Waals surface area contributed by atoms with Gasteiger partial charge in [-0.3, -0.25) is 9.48 Å². The van der Waals surface area contributed by atoms with Crippen molar-refractivity contribution in [3.05, 3.63) is 36.4 Å². The van der Waals surface area contributed by atoms with Crippen molar-refractivity contribution >= 4 is 28.7 Å². The molecule has 8 heteroatoms. The second-order valence-electron chi connectivity index (χ2n) is 5.16. The lowest BCUT2D eigenvalue weighted by Crippen LogP contribution is -2.51. The highest BCUT2D eigenvalue weighted by Crippen LogP contribution is 2.21. The molecule has 0 N–H and O–H groups in total. The molecule has 3 heterocycles. The summed E-state index contributed by atoms with van der Waals surface area (Å²) in [5, 5.41) is 4.08. The minimum absolute atomic E-state index is 0.0553. The van der Waals surface area contributed by atoms with E-state index in [2.05, 4.69) is 18.8 Å². The molecule has 1 fully saturated rings. The van der Waals surface area contributed by atoms with Crippen LogP contribution in [-0.4, -0.2) is 47.4 Å². The van der Waals surface area contributed by atoms with Crippen LogP contribution in [0.25, 0.3) is 11.0 Å². The summed E-state index contributed by atoms with van der Waals surface area (Å²) in [6, 6.07) is 5.47. The summed E-state index contributed by atoms with van der Waals surface area (Å²) in [4.78, 5) is 18.2. The zero-order chi connectivity index (χ0) is 14.2. The van der Waals surface area contributed by atoms with Crippen LogP contribution in [0.2, 0.25) is 0 Å². The topological polar surface area (TPSA) is 76.8 Å². The highest BCUT2D eigenvalue weighted by atomic mass is 32.1. The van der Waals surface area contributed by atoms with Gasteiger partial charge in [-0.25, -0.2) is 4.98 Å². The zero-order valence-electron chi connectivity index (χ0n) is 11.1. The highest BCUT2D eigenvalue weighted by molar-refractivity contribution is 7.00. The maximum absolute atomic E-state index is 12.4. The van der Waals surface area contributed by atoms with E-state index in [1.807, 2.05) is 23.1 Å². The molecule has 2 aromatic heterocycles. The molecule has 1 aromatic carbocycles. The number of hydrogen-bond acceptors (Lipinski definition) is 6. The second-order valence-corrected chi connectivity index (χ2v) is 5.69. The van der Waals surface area contributed by atoms with Gasteiger partial charge in [-0.15, -0.1) is 0 Å². The lowest BCUT2D eigenvalue weighted by molar-refractivity contribution is 0.0461. The predicted molar refractivity (Wildman–Crippen MR) is 76.8 cm³/mol. The highest BCUT2D eigenvalue weighted by Gasteiger charge is 2.31. The molecule has 106 valence electrons. The Labute approximate surface area is 124 Å². The van der Waals surface area contributed by atoms with E-state index in [0.29, 0.717) is 11.5 Å². The number of nitrogens with zero attached hydrogens (tertiary/aromatic N) is 6. The largest absolute Gasteiger partial charge is 0.338 e. The van der Waals surface area contributed by atoms with Gasteiger partial charge in [-0.05, 0) is 18.2 Å². The molecule has 0 unspecified atom stereocenters. The number of amides is 1. The van der Waals surface area contributed by atoms with Crippen molar-refractivity contribution in [2.45, 2.75) is 6.54 Å². The normalized spacial score (nSPS) is 15.3. The Kier molecular flexibility index (Phi) is 2.88. The van der Waals surface area contributed by atoms with Gasteiger partial charge in [0, 0.05) is 31.1 Å². The summed E-state index contributed by atoms with van der Waals surface area (Å²) in [5.74, 6) is 0.500. The molecule has 1 aliphatic rings. The van der Waals surface area contributed by atoms with Crippen molar-refractivity contribution < 1.29 is 4.79 Å². The summed E-state index contributed by atoms with van der Waals surface area (Å²) in [7, 11) is 0. The molecule has 0 atom stereocenters. The van der Waals surface area contributed by atoms with Crippen molar-refractivity contribution in [1.29, 1.82) is 0 Å². The lowest BCUT2D eigenvalue weighted by atomic mass is 9.99. The Bertz CT molecular complexity index is 777. The van der Waals surface area contributed by atoms with E-state index in [-0.39, 0.29) is 5.91 Å². The van der Waals surface area contributed by atoms with Gasteiger partial charge in [-0.1, -0.05) is 0 Å². The number of carbonyl (C=O) groups is 1. The van der Waals surface area contributed by atoms with E-state index in [0.717, 1.165) is 42.4 Å². The molecule has 1 saturated heterocycles. The number of carbonyl (C=O) groups excluding carboxylic acids is 1. The third-order valence-electron chi connectivity index (χ3n) is 3.66.